The molecule has 0 spiro atoms. The Morgan fingerprint density at radius 2 is 0.868 bits per heavy atom. The van der Waals surface area contributed by atoms with E-state index < -0.39 is 10.0 Å². The van der Waals surface area contributed by atoms with Crippen molar-refractivity contribution >= 4 is 110 Å². The third-order valence-corrected chi connectivity index (χ3v) is 15.1. The molecule has 18 nitrogen and oxygen atoms in total. The zero-order valence-electron chi connectivity index (χ0n) is 40.5. The number of aromatic nitrogens is 9. The summed E-state index contributed by atoms with van der Waals surface area (Å²) >= 11 is 12.0. The van der Waals surface area contributed by atoms with E-state index in [1.165, 1.54) is 12.1 Å². The number of fused-ring (bicyclic) bond motifs is 6. The number of hydrogen-bond donors (Lipinski definition) is 9. The van der Waals surface area contributed by atoms with E-state index in [2.05, 4.69) is 68.3 Å². The van der Waals surface area contributed by atoms with Crippen molar-refractivity contribution in [3.05, 3.63) is 155 Å². The molecule has 2 saturated heterocycles. The van der Waals surface area contributed by atoms with Crippen LogP contribution in [0.1, 0.15) is 20.7 Å². The van der Waals surface area contributed by atoms with Gasteiger partial charge in [-0.25, -0.2) is 13.6 Å². The number of para-hydroxylation sites is 1. The maximum absolute atomic E-state index is 12.7. The van der Waals surface area contributed by atoms with Crippen LogP contribution in [0.25, 0.3) is 99.6 Å². The van der Waals surface area contributed by atoms with Crippen molar-refractivity contribution < 1.29 is 18.0 Å². The monoisotopic (exact) mass is 1070 g/mol. The lowest BCUT2D eigenvalue weighted by Crippen LogP contribution is -2.46. The number of hydrogen-bond acceptors (Lipinski definition) is 9. The van der Waals surface area contributed by atoms with Crippen LogP contribution in [0, 0.1) is 0 Å². The van der Waals surface area contributed by atoms with E-state index in [4.69, 9.17) is 28.3 Å². The minimum atomic E-state index is -3.73. The first-order valence-corrected chi connectivity index (χ1v) is 26.8. The Hall–Kier alpha value is -8.30. The number of aromatic amines is 6. The summed E-state index contributed by atoms with van der Waals surface area (Å²) in [7, 11) is -3.73. The second-order valence-electron chi connectivity index (χ2n) is 18.7. The molecule has 2 aliphatic rings. The van der Waals surface area contributed by atoms with Gasteiger partial charge in [0.1, 0.15) is 17.1 Å². The molecule has 0 atom stereocenters. The van der Waals surface area contributed by atoms with E-state index in [9.17, 15) is 18.0 Å². The number of nitrogens with two attached hydrogens (primary N) is 1. The summed E-state index contributed by atoms with van der Waals surface area (Å²) in [6.45, 7) is 6.41. The third kappa shape index (κ3) is 9.66. The zero-order chi connectivity index (χ0) is 52.1. The largest absolute Gasteiger partial charge is 0.353 e. The zero-order valence-corrected chi connectivity index (χ0v) is 42.8. The van der Waals surface area contributed by atoms with Crippen molar-refractivity contribution in [2.45, 2.75) is 4.90 Å². The highest BCUT2D eigenvalue weighted by Crippen LogP contribution is 2.33. The molecule has 2 amide bonds. The summed E-state index contributed by atoms with van der Waals surface area (Å²) in [5.74, 6) is 0.183. The fourth-order valence-corrected chi connectivity index (χ4v) is 10.8. The van der Waals surface area contributed by atoms with Crippen LogP contribution in [0.5, 0.6) is 0 Å². The molecule has 12 aromatic rings. The Morgan fingerprint density at radius 1 is 0.461 bits per heavy atom. The Labute approximate surface area is 443 Å². The fraction of sp³-hybridized carbons (Fsp3) is 0.145. The van der Waals surface area contributed by atoms with E-state index in [1.54, 1.807) is 18.2 Å². The van der Waals surface area contributed by atoms with Crippen LogP contribution in [0.2, 0.25) is 10.0 Å². The van der Waals surface area contributed by atoms with Crippen LogP contribution in [0.4, 0.5) is 0 Å². The first-order valence-electron chi connectivity index (χ1n) is 24.5. The SMILES string of the molecule is NS(=O)(=O)c1ccc2[nH]c(-c3n[nH]c4cc(Cl)ccc34)cc2c1.O=C(c1ccc2[nH]c(-c3n[nH]c4cc(Cl)ccc34)cc2c1)N1CCNCC1.O=C(c1ccc2[nH]c(-c3n[nH]c4ccccc34)cc2c1)N1CCNCC1. The number of benzene rings is 6. The third-order valence-electron chi connectivity index (χ3n) is 13.8. The number of H-pyrrole nitrogens is 6. The molecule has 21 heteroatoms. The summed E-state index contributed by atoms with van der Waals surface area (Å²) in [5.41, 5.74) is 12.1. The molecule has 8 heterocycles. The lowest BCUT2D eigenvalue weighted by atomic mass is 10.1. The number of sulfonamides is 1. The quantitative estimate of drug-likeness (QED) is 0.0768. The predicted octanol–water partition coefficient (Wildman–Crippen LogP) is 9.18. The Morgan fingerprint density at radius 3 is 1.33 bits per heavy atom. The second kappa shape index (κ2) is 20.1. The molecule has 2 fully saturated rings. The highest BCUT2D eigenvalue weighted by Gasteiger charge is 2.22. The molecule has 2 aliphatic heterocycles. The number of nitrogens with one attached hydrogen (secondary N) is 8. The van der Waals surface area contributed by atoms with Gasteiger partial charge >= 0.3 is 0 Å². The van der Waals surface area contributed by atoms with Crippen LogP contribution in [-0.4, -0.2) is 128 Å². The molecule has 382 valence electrons. The van der Waals surface area contributed by atoms with Gasteiger partial charge in [-0.2, -0.15) is 15.3 Å². The van der Waals surface area contributed by atoms with Crippen LogP contribution in [0.15, 0.2) is 138 Å². The molecule has 0 bridgehead atoms. The van der Waals surface area contributed by atoms with Crippen LogP contribution in [-0.2, 0) is 10.0 Å². The number of amides is 2. The van der Waals surface area contributed by atoms with Gasteiger partial charge in [0.15, 0.2) is 0 Å². The van der Waals surface area contributed by atoms with Gasteiger partial charge in [0.2, 0.25) is 10.0 Å². The number of nitrogens with zero attached hydrogens (tertiary/aromatic N) is 5. The molecular weight excluding hydrogens is 1020 g/mol. The average molecular weight is 1070 g/mol. The minimum Gasteiger partial charge on any atom is -0.353 e. The molecule has 0 aliphatic carbocycles. The van der Waals surface area contributed by atoms with Crippen LogP contribution >= 0.6 is 23.2 Å². The molecule has 0 unspecified atom stereocenters. The fourth-order valence-electron chi connectivity index (χ4n) is 9.87. The van der Waals surface area contributed by atoms with Gasteiger partial charge in [-0.05, 0) is 115 Å². The van der Waals surface area contributed by atoms with E-state index in [1.807, 2.05) is 101 Å². The van der Waals surface area contributed by atoms with E-state index >= 15 is 0 Å². The normalized spacial score (nSPS) is 14.1. The molecule has 10 N–H and O–H groups in total. The number of carbonyl (C=O) groups is 2. The van der Waals surface area contributed by atoms with Crippen molar-refractivity contribution in [2.75, 3.05) is 52.4 Å². The molecular formula is C55H48Cl2N14O4S. The Balaban J connectivity index is 0.000000115. The highest BCUT2D eigenvalue weighted by atomic mass is 35.5. The van der Waals surface area contributed by atoms with Gasteiger partial charge in [0.25, 0.3) is 11.8 Å². The molecule has 76 heavy (non-hydrogen) atoms. The van der Waals surface area contributed by atoms with Crippen molar-refractivity contribution in [1.82, 2.24) is 66.0 Å². The minimum absolute atomic E-state index is 0.0780. The summed E-state index contributed by atoms with van der Waals surface area (Å²) in [4.78, 5) is 39.4. The van der Waals surface area contributed by atoms with Crippen molar-refractivity contribution in [3.63, 3.8) is 0 Å². The number of rotatable bonds is 6. The maximum Gasteiger partial charge on any atom is 0.253 e. The van der Waals surface area contributed by atoms with E-state index in [0.29, 0.717) is 15.6 Å². The summed E-state index contributed by atoms with van der Waals surface area (Å²) in [6.07, 6.45) is 0. The number of halogens is 2. The van der Waals surface area contributed by atoms with E-state index in [-0.39, 0.29) is 16.7 Å². The Bertz CT molecular complexity index is 4290. The van der Waals surface area contributed by atoms with Crippen molar-refractivity contribution in [1.29, 1.82) is 0 Å². The van der Waals surface area contributed by atoms with Crippen molar-refractivity contribution in [3.8, 4) is 34.2 Å². The highest BCUT2D eigenvalue weighted by molar-refractivity contribution is 7.89. The predicted molar refractivity (Wildman–Crippen MR) is 299 cm³/mol. The first-order chi connectivity index (χ1) is 36.9. The molecule has 6 aromatic carbocycles. The lowest BCUT2D eigenvalue weighted by Gasteiger charge is -2.27. The van der Waals surface area contributed by atoms with Gasteiger partial charge in [-0.3, -0.25) is 24.9 Å². The van der Waals surface area contributed by atoms with Crippen LogP contribution in [0.3, 0.4) is 0 Å². The smallest absolute Gasteiger partial charge is 0.253 e. The van der Waals surface area contributed by atoms with Crippen molar-refractivity contribution in [2.24, 2.45) is 5.14 Å². The lowest BCUT2D eigenvalue weighted by molar-refractivity contribution is 0.0729. The van der Waals surface area contributed by atoms with Gasteiger partial charge in [-0.1, -0.05) is 41.4 Å². The number of piperazine rings is 2. The van der Waals surface area contributed by atoms with Gasteiger partial charge in [0, 0.05) is 122 Å². The van der Waals surface area contributed by atoms with Gasteiger partial charge < -0.3 is 35.4 Å². The topological polar surface area (TPSA) is 258 Å². The molecule has 0 radical (unpaired) electrons. The maximum atomic E-state index is 12.7. The summed E-state index contributed by atoms with van der Waals surface area (Å²) in [6, 6.07) is 41.5. The second-order valence-corrected chi connectivity index (χ2v) is 21.1. The summed E-state index contributed by atoms with van der Waals surface area (Å²) in [5, 5.41) is 41.0. The van der Waals surface area contributed by atoms with E-state index in [0.717, 1.165) is 158 Å². The average Bonchev–Trinajstić information content (AvgIpc) is 4.33. The summed E-state index contributed by atoms with van der Waals surface area (Å²) < 4.78 is 22.9. The van der Waals surface area contributed by atoms with Gasteiger partial charge in [-0.15, -0.1) is 0 Å². The van der Waals surface area contributed by atoms with Gasteiger partial charge in [0.05, 0.1) is 38.5 Å². The number of primary sulfonamides is 1. The Kier molecular flexibility index (Phi) is 12.9. The number of carbonyl (C=O) groups excluding carboxylic acids is 2. The molecule has 0 saturated carbocycles. The molecule has 14 rings (SSSR count). The molecule has 6 aromatic heterocycles. The first kappa shape index (κ1) is 48.6. The standard InChI is InChI=1S/C20H18ClN5O.C20H19N5O.C15H11ClN4O2S/c21-14-2-3-15-17(11-14)24-25-19(15)18-10-13-9-12(1-4-16(13)23-18)20(27)26-7-5-22-6-8-26;26-20(25-9-7-21-8-10-25)13-5-6-16-14(11-13)12-18(22-16)19-15-3-1-2-4-17(15)23-24-19;16-9-1-3-11-13(7-9)19-20-15(11)14-6-8-5-10(23(17,21)22)2-4-12(8)18-14/h1-4,9-11,22-23H,5-8H2,(H,24,25);1-6,11-12,21-22H,7-10H2,(H,23,24);1-7,18H,(H,19,20)(H2,17,21,22). The van der Waals surface area contributed by atoms with Crippen LogP contribution < -0.4 is 15.8 Å².